The Morgan fingerprint density at radius 2 is 2.14 bits per heavy atom. The first-order valence-electron chi connectivity index (χ1n) is 6.64. The van der Waals surface area contributed by atoms with Gasteiger partial charge in [-0.15, -0.1) is 0 Å². The number of aromatic hydroxyl groups is 1. The van der Waals surface area contributed by atoms with Gasteiger partial charge in [-0.3, -0.25) is 4.79 Å². The van der Waals surface area contributed by atoms with Crippen molar-refractivity contribution in [2.75, 3.05) is 6.61 Å². The van der Waals surface area contributed by atoms with E-state index < -0.39 is 5.82 Å². The molecule has 114 valence electrons. The number of hydrogen-bond donors (Lipinski definition) is 1. The lowest BCUT2D eigenvalue weighted by Crippen LogP contribution is -1.95. The summed E-state index contributed by atoms with van der Waals surface area (Å²) in [6.07, 6.45) is 2.93. The molecule has 0 fully saturated rings. The van der Waals surface area contributed by atoms with E-state index in [9.17, 15) is 14.3 Å². The zero-order valence-electron chi connectivity index (χ0n) is 11.8. The maximum absolute atomic E-state index is 13.1. The Morgan fingerprint density at radius 1 is 1.36 bits per heavy atom. The highest BCUT2D eigenvalue weighted by molar-refractivity contribution is 9.10. The SMILES string of the molecule is CCOc1cc(/C=C/C(=O)c2cccc(F)c2)cc(Br)c1O. The van der Waals surface area contributed by atoms with Crippen molar-refractivity contribution in [2.24, 2.45) is 0 Å². The summed E-state index contributed by atoms with van der Waals surface area (Å²) in [7, 11) is 0. The molecule has 2 aromatic carbocycles. The Balaban J connectivity index is 2.24. The third kappa shape index (κ3) is 3.95. The molecule has 0 aliphatic rings. The van der Waals surface area contributed by atoms with Crippen LogP contribution in [0.2, 0.25) is 0 Å². The summed E-state index contributed by atoms with van der Waals surface area (Å²) in [5, 5.41) is 9.83. The van der Waals surface area contributed by atoms with Crippen LogP contribution < -0.4 is 4.74 Å². The molecule has 0 aliphatic heterocycles. The van der Waals surface area contributed by atoms with Crippen LogP contribution in [0.25, 0.3) is 6.08 Å². The van der Waals surface area contributed by atoms with Gasteiger partial charge in [0, 0.05) is 5.56 Å². The molecule has 0 spiro atoms. The zero-order chi connectivity index (χ0) is 16.1. The normalized spacial score (nSPS) is 10.9. The highest BCUT2D eigenvalue weighted by Gasteiger charge is 2.08. The summed E-state index contributed by atoms with van der Waals surface area (Å²) >= 11 is 3.23. The summed E-state index contributed by atoms with van der Waals surface area (Å²) in [5.41, 5.74) is 0.956. The number of carbonyl (C=O) groups excluding carboxylic acids is 1. The fraction of sp³-hybridized carbons (Fsp3) is 0.118. The number of hydrogen-bond acceptors (Lipinski definition) is 3. The van der Waals surface area contributed by atoms with Crippen molar-refractivity contribution in [3.63, 3.8) is 0 Å². The first-order chi connectivity index (χ1) is 10.5. The van der Waals surface area contributed by atoms with Gasteiger partial charge in [0.25, 0.3) is 0 Å². The lowest BCUT2D eigenvalue weighted by atomic mass is 10.1. The van der Waals surface area contributed by atoms with Crippen LogP contribution >= 0.6 is 15.9 Å². The minimum atomic E-state index is -0.453. The predicted octanol–water partition coefficient (Wildman–Crippen LogP) is 4.59. The lowest BCUT2D eigenvalue weighted by Gasteiger charge is -2.08. The number of phenolic OH excluding ortho intramolecular Hbond substituents is 1. The van der Waals surface area contributed by atoms with Gasteiger partial charge >= 0.3 is 0 Å². The molecule has 0 radical (unpaired) electrons. The molecule has 22 heavy (non-hydrogen) atoms. The fourth-order valence-electron chi connectivity index (χ4n) is 1.87. The van der Waals surface area contributed by atoms with Gasteiger partial charge in [-0.25, -0.2) is 4.39 Å². The third-order valence-corrected chi connectivity index (χ3v) is 3.49. The second-order valence-corrected chi connectivity index (χ2v) is 5.34. The average molecular weight is 365 g/mol. The minimum Gasteiger partial charge on any atom is -0.503 e. The molecule has 5 heteroatoms. The van der Waals surface area contributed by atoms with Crippen LogP contribution in [0.4, 0.5) is 4.39 Å². The summed E-state index contributed by atoms with van der Waals surface area (Å²) in [5.74, 6) is -0.419. The average Bonchev–Trinajstić information content (AvgIpc) is 2.49. The van der Waals surface area contributed by atoms with Crippen LogP contribution in [0.3, 0.4) is 0 Å². The number of benzene rings is 2. The molecule has 3 nitrogen and oxygen atoms in total. The van der Waals surface area contributed by atoms with Crippen molar-refractivity contribution in [1.82, 2.24) is 0 Å². The number of ketones is 1. The van der Waals surface area contributed by atoms with Crippen LogP contribution in [0, 0.1) is 5.82 Å². The fourth-order valence-corrected chi connectivity index (χ4v) is 2.33. The highest BCUT2D eigenvalue weighted by atomic mass is 79.9. The molecule has 0 heterocycles. The van der Waals surface area contributed by atoms with Crippen molar-refractivity contribution in [3.05, 3.63) is 63.9 Å². The number of phenols is 1. The molecule has 2 rings (SSSR count). The van der Waals surface area contributed by atoms with Gasteiger partial charge in [-0.2, -0.15) is 0 Å². The zero-order valence-corrected chi connectivity index (χ0v) is 13.4. The van der Waals surface area contributed by atoms with E-state index >= 15 is 0 Å². The monoisotopic (exact) mass is 364 g/mol. The maximum atomic E-state index is 13.1. The summed E-state index contributed by atoms with van der Waals surface area (Å²) < 4.78 is 18.9. The quantitative estimate of drug-likeness (QED) is 0.623. The molecule has 0 saturated carbocycles. The molecular formula is C17H14BrFO3. The van der Waals surface area contributed by atoms with Gasteiger partial charge in [-0.05, 0) is 58.8 Å². The number of carbonyl (C=O) groups is 1. The second-order valence-electron chi connectivity index (χ2n) is 4.49. The molecule has 0 aliphatic carbocycles. The minimum absolute atomic E-state index is 0.00968. The third-order valence-electron chi connectivity index (χ3n) is 2.89. The molecule has 0 atom stereocenters. The van der Waals surface area contributed by atoms with Crippen molar-refractivity contribution in [3.8, 4) is 11.5 Å². The standard InChI is InChI=1S/C17H14BrFO3/c1-2-22-16-9-11(8-14(18)17(16)21)6-7-15(20)12-4-3-5-13(19)10-12/h3-10,21H,2H2,1H3/b7-6+. The molecule has 0 aromatic heterocycles. The van der Waals surface area contributed by atoms with Gasteiger partial charge in [-0.1, -0.05) is 18.2 Å². The van der Waals surface area contributed by atoms with Crippen LogP contribution in [0.5, 0.6) is 11.5 Å². The van der Waals surface area contributed by atoms with E-state index in [1.54, 1.807) is 24.3 Å². The number of halogens is 2. The smallest absolute Gasteiger partial charge is 0.185 e. The van der Waals surface area contributed by atoms with Crippen LogP contribution in [0.15, 0.2) is 46.9 Å². The molecule has 2 aromatic rings. The van der Waals surface area contributed by atoms with Crippen molar-refractivity contribution >= 4 is 27.8 Å². The number of allylic oxidation sites excluding steroid dienone is 1. The Hall–Kier alpha value is -2.14. The van der Waals surface area contributed by atoms with Gasteiger partial charge in [0.2, 0.25) is 0 Å². The molecule has 0 saturated heterocycles. The van der Waals surface area contributed by atoms with Crippen LogP contribution in [-0.4, -0.2) is 17.5 Å². The topological polar surface area (TPSA) is 46.5 Å². The molecule has 1 N–H and O–H groups in total. The van der Waals surface area contributed by atoms with E-state index in [0.717, 1.165) is 0 Å². The van der Waals surface area contributed by atoms with Crippen LogP contribution in [0.1, 0.15) is 22.8 Å². The molecule has 0 unspecified atom stereocenters. The Kier molecular flexibility index (Phi) is 5.33. The first-order valence-corrected chi connectivity index (χ1v) is 7.44. The van der Waals surface area contributed by atoms with E-state index in [4.69, 9.17) is 4.74 Å². The van der Waals surface area contributed by atoms with Crippen molar-refractivity contribution < 1.29 is 19.0 Å². The van der Waals surface area contributed by atoms with E-state index in [1.165, 1.54) is 24.3 Å². The summed E-state index contributed by atoms with van der Waals surface area (Å²) in [6, 6.07) is 8.79. The molecule has 0 amide bonds. The van der Waals surface area contributed by atoms with E-state index in [2.05, 4.69) is 15.9 Å². The Morgan fingerprint density at radius 3 is 2.82 bits per heavy atom. The Labute approximate surface area is 136 Å². The van der Waals surface area contributed by atoms with Gasteiger partial charge < -0.3 is 9.84 Å². The second kappa shape index (κ2) is 7.22. The maximum Gasteiger partial charge on any atom is 0.185 e. The molecule has 0 bridgehead atoms. The van der Waals surface area contributed by atoms with Crippen molar-refractivity contribution in [2.45, 2.75) is 6.92 Å². The highest BCUT2D eigenvalue weighted by Crippen LogP contribution is 2.35. The lowest BCUT2D eigenvalue weighted by molar-refractivity contribution is 0.104. The predicted molar refractivity (Wildman–Crippen MR) is 86.7 cm³/mol. The van der Waals surface area contributed by atoms with Crippen LogP contribution in [-0.2, 0) is 0 Å². The van der Waals surface area contributed by atoms with Gasteiger partial charge in [0.05, 0.1) is 11.1 Å². The number of rotatable bonds is 5. The van der Waals surface area contributed by atoms with E-state index in [0.29, 0.717) is 22.4 Å². The molecular weight excluding hydrogens is 351 g/mol. The largest absolute Gasteiger partial charge is 0.503 e. The first kappa shape index (κ1) is 16.2. The Bertz CT molecular complexity index is 726. The summed E-state index contributed by atoms with van der Waals surface area (Å²) in [6.45, 7) is 2.22. The van der Waals surface area contributed by atoms with Crippen molar-refractivity contribution in [1.29, 1.82) is 0 Å². The van der Waals surface area contributed by atoms with E-state index in [1.807, 2.05) is 6.92 Å². The van der Waals surface area contributed by atoms with Gasteiger partial charge in [0.1, 0.15) is 5.82 Å². The van der Waals surface area contributed by atoms with E-state index in [-0.39, 0.29) is 17.1 Å². The van der Waals surface area contributed by atoms with Gasteiger partial charge in [0.15, 0.2) is 17.3 Å². The number of ether oxygens (including phenoxy) is 1. The summed E-state index contributed by atoms with van der Waals surface area (Å²) in [4.78, 5) is 12.0.